The zero-order valence-corrected chi connectivity index (χ0v) is 12.0. The van der Waals surface area contributed by atoms with Crippen molar-refractivity contribution in [2.24, 2.45) is 5.92 Å². The van der Waals surface area contributed by atoms with Crippen LogP contribution in [0.25, 0.3) is 0 Å². The number of hydrogen-bond donors (Lipinski definition) is 1. The zero-order valence-electron chi connectivity index (χ0n) is 12.0. The maximum Gasteiger partial charge on any atom is 0.310 e. The smallest absolute Gasteiger partial charge is 0.310 e. The first-order chi connectivity index (χ1) is 9.61. The topological polar surface area (TPSA) is 49.8 Å². The molecule has 4 atom stereocenters. The Hall–Kier alpha value is -1.55. The highest BCUT2D eigenvalue weighted by atomic mass is 16.5. The zero-order chi connectivity index (χ0) is 14.3. The molecule has 2 bridgehead atoms. The lowest BCUT2D eigenvalue weighted by Crippen LogP contribution is -2.49. The fourth-order valence-electron chi connectivity index (χ4n) is 3.99. The molecule has 4 heteroatoms. The van der Waals surface area contributed by atoms with E-state index in [1.165, 1.54) is 7.11 Å². The van der Waals surface area contributed by atoms with Gasteiger partial charge in [0, 0.05) is 18.0 Å². The maximum absolute atomic E-state index is 12.3. The molecule has 2 aliphatic heterocycles. The van der Waals surface area contributed by atoms with Gasteiger partial charge in [-0.25, -0.2) is 0 Å². The molecule has 1 aromatic rings. The number of phenolic OH excluding ortho intramolecular Hbond substituents is 1. The van der Waals surface area contributed by atoms with Gasteiger partial charge in [0.05, 0.1) is 13.0 Å². The first kappa shape index (κ1) is 13.4. The van der Waals surface area contributed by atoms with Crippen molar-refractivity contribution in [3.05, 3.63) is 29.8 Å². The molecule has 2 saturated heterocycles. The SMILES string of the molecule is COC(=O)[C@H]1[C@@H](c2ccc(O)cc2)C[C@@H]2CC[C@H]1N2C. The molecule has 0 spiro atoms. The molecule has 3 rings (SSSR count). The quantitative estimate of drug-likeness (QED) is 0.840. The second-order valence-corrected chi connectivity index (χ2v) is 5.95. The summed E-state index contributed by atoms with van der Waals surface area (Å²) in [6, 6.07) is 8.09. The molecular weight excluding hydrogens is 254 g/mol. The third-order valence-corrected chi connectivity index (χ3v) is 5.06. The van der Waals surface area contributed by atoms with Crippen molar-refractivity contribution >= 4 is 5.97 Å². The van der Waals surface area contributed by atoms with E-state index in [1.807, 2.05) is 12.1 Å². The van der Waals surface area contributed by atoms with Crippen molar-refractivity contribution in [3.8, 4) is 5.75 Å². The minimum Gasteiger partial charge on any atom is -0.508 e. The van der Waals surface area contributed by atoms with Crippen molar-refractivity contribution in [2.75, 3.05) is 14.2 Å². The van der Waals surface area contributed by atoms with Gasteiger partial charge < -0.3 is 9.84 Å². The molecule has 0 amide bonds. The number of carbonyl (C=O) groups is 1. The number of methoxy groups -OCH3 is 1. The molecule has 1 aromatic carbocycles. The number of hydrogen-bond acceptors (Lipinski definition) is 4. The Morgan fingerprint density at radius 2 is 2.00 bits per heavy atom. The summed E-state index contributed by atoms with van der Waals surface area (Å²) in [7, 11) is 3.59. The van der Waals surface area contributed by atoms with Crippen LogP contribution in [0.4, 0.5) is 0 Å². The predicted octanol–water partition coefficient (Wildman–Crippen LogP) is 2.13. The van der Waals surface area contributed by atoms with Crippen LogP contribution in [0.3, 0.4) is 0 Å². The largest absolute Gasteiger partial charge is 0.508 e. The summed E-state index contributed by atoms with van der Waals surface area (Å²) < 4.78 is 5.05. The minimum absolute atomic E-state index is 0.103. The molecule has 0 radical (unpaired) electrons. The van der Waals surface area contributed by atoms with Gasteiger partial charge >= 0.3 is 5.97 Å². The van der Waals surface area contributed by atoms with E-state index in [0.717, 1.165) is 24.8 Å². The molecular formula is C16H21NO3. The van der Waals surface area contributed by atoms with E-state index in [4.69, 9.17) is 4.74 Å². The van der Waals surface area contributed by atoms with Crippen LogP contribution < -0.4 is 0 Å². The van der Waals surface area contributed by atoms with Crippen molar-refractivity contribution in [2.45, 2.75) is 37.3 Å². The van der Waals surface area contributed by atoms with Crippen LogP contribution >= 0.6 is 0 Å². The van der Waals surface area contributed by atoms with Gasteiger partial charge in [-0.05, 0) is 44.0 Å². The number of esters is 1. The monoisotopic (exact) mass is 275 g/mol. The Kier molecular flexibility index (Phi) is 3.42. The number of aromatic hydroxyl groups is 1. The third kappa shape index (κ3) is 2.08. The second kappa shape index (κ2) is 5.09. The Morgan fingerprint density at radius 1 is 1.30 bits per heavy atom. The number of piperidine rings is 1. The number of ether oxygens (including phenoxy) is 1. The van der Waals surface area contributed by atoms with E-state index in [1.54, 1.807) is 12.1 Å². The molecule has 0 aromatic heterocycles. The van der Waals surface area contributed by atoms with Crippen molar-refractivity contribution in [3.63, 3.8) is 0 Å². The molecule has 2 heterocycles. The summed E-state index contributed by atoms with van der Waals surface area (Å²) in [6.45, 7) is 0. The lowest BCUT2D eigenvalue weighted by molar-refractivity contribution is -0.150. The van der Waals surface area contributed by atoms with Crippen molar-refractivity contribution in [1.29, 1.82) is 0 Å². The number of benzene rings is 1. The Balaban J connectivity index is 1.95. The average molecular weight is 275 g/mol. The summed E-state index contributed by atoms with van der Waals surface area (Å²) in [4.78, 5) is 14.6. The maximum atomic E-state index is 12.3. The highest BCUT2D eigenvalue weighted by Gasteiger charge is 2.49. The van der Waals surface area contributed by atoms with E-state index < -0.39 is 0 Å². The molecule has 108 valence electrons. The van der Waals surface area contributed by atoms with Crippen LogP contribution in [0.1, 0.15) is 30.7 Å². The van der Waals surface area contributed by atoms with E-state index in [-0.39, 0.29) is 29.6 Å². The normalized spacial score (nSPS) is 33.1. The van der Waals surface area contributed by atoms with Crippen LogP contribution in [-0.2, 0) is 9.53 Å². The summed E-state index contributed by atoms with van der Waals surface area (Å²) in [6.07, 6.45) is 3.20. The fourth-order valence-corrected chi connectivity index (χ4v) is 3.99. The highest BCUT2D eigenvalue weighted by Crippen LogP contribution is 2.46. The van der Waals surface area contributed by atoms with Gasteiger partial charge in [-0.15, -0.1) is 0 Å². The van der Waals surface area contributed by atoms with Crippen LogP contribution in [-0.4, -0.2) is 42.2 Å². The lowest BCUT2D eigenvalue weighted by atomic mass is 9.76. The van der Waals surface area contributed by atoms with Gasteiger partial charge in [-0.2, -0.15) is 0 Å². The number of fused-ring (bicyclic) bond motifs is 2. The molecule has 0 aliphatic carbocycles. The van der Waals surface area contributed by atoms with Crippen molar-refractivity contribution < 1.29 is 14.6 Å². The molecule has 2 fully saturated rings. The van der Waals surface area contributed by atoms with E-state index in [2.05, 4.69) is 11.9 Å². The fraction of sp³-hybridized carbons (Fsp3) is 0.562. The Labute approximate surface area is 119 Å². The summed E-state index contributed by atoms with van der Waals surface area (Å²) in [5.74, 6) is 0.240. The minimum atomic E-state index is -0.111. The van der Waals surface area contributed by atoms with Crippen LogP contribution in [0.5, 0.6) is 5.75 Å². The first-order valence-corrected chi connectivity index (χ1v) is 7.20. The third-order valence-electron chi connectivity index (χ3n) is 5.06. The Bertz CT molecular complexity index is 499. The molecule has 0 saturated carbocycles. The number of phenols is 1. The molecule has 2 aliphatic rings. The first-order valence-electron chi connectivity index (χ1n) is 7.20. The molecule has 0 unspecified atom stereocenters. The second-order valence-electron chi connectivity index (χ2n) is 5.95. The summed E-state index contributed by atoms with van der Waals surface area (Å²) in [5.41, 5.74) is 1.13. The van der Waals surface area contributed by atoms with Gasteiger partial charge in [0.2, 0.25) is 0 Å². The van der Waals surface area contributed by atoms with Gasteiger partial charge in [0.1, 0.15) is 5.75 Å². The van der Waals surface area contributed by atoms with E-state index >= 15 is 0 Å². The van der Waals surface area contributed by atoms with Gasteiger partial charge in [-0.1, -0.05) is 12.1 Å². The lowest BCUT2D eigenvalue weighted by Gasteiger charge is -2.41. The van der Waals surface area contributed by atoms with Crippen molar-refractivity contribution in [1.82, 2.24) is 4.90 Å². The van der Waals surface area contributed by atoms with E-state index in [0.29, 0.717) is 6.04 Å². The van der Waals surface area contributed by atoms with Crippen LogP contribution in [0.15, 0.2) is 24.3 Å². The number of nitrogens with zero attached hydrogens (tertiary/aromatic N) is 1. The number of carbonyl (C=O) groups excluding carboxylic acids is 1. The predicted molar refractivity (Wildman–Crippen MR) is 75.5 cm³/mol. The summed E-state index contributed by atoms with van der Waals surface area (Å²) >= 11 is 0. The number of rotatable bonds is 2. The van der Waals surface area contributed by atoms with Crippen LogP contribution in [0.2, 0.25) is 0 Å². The van der Waals surface area contributed by atoms with Crippen LogP contribution in [0, 0.1) is 5.92 Å². The Morgan fingerprint density at radius 3 is 2.65 bits per heavy atom. The molecule has 4 nitrogen and oxygen atoms in total. The van der Waals surface area contributed by atoms with Gasteiger partial charge in [-0.3, -0.25) is 9.69 Å². The van der Waals surface area contributed by atoms with Gasteiger partial charge in [0.25, 0.3) is 0 Å². The average Bonchev–Trinajstić information content (AvgIpc) is 2.70. The van der Waals surface area contributed by atoms with E-state index in [9.17, 15) is 9.90 Å². The van der Waals surface area contributed by atoms with Gasteiger partial charge in [0.15, 0.2) is 0 Å². The summed E-state index contributed by atoms with van der Waals surface area (Å²) in [5, 5.41) is 9.43. The highest BCUT2D eigenvalue weighted by molar-refractivity contribution is 5.75. The molecule has 1 N–H and O–H groups in total. The molecule has 20 heavy (non-hydrogen) atoms. The standard InChI is InChI=1S/C16H21NO3/c1-17-11-5-8-14(17)15(16(19)20-2)13(9-11)10-3-6-12(18)7-4-10/h3-4,6-7,11,13-15,18H,5,8-9H2,1-2H3/t11-,13+,14+,15-/m0/s1.